The van der Waals surface area contributed by atoms with Crippen LogP contribution < -0.4 is 5.32 Å². The molecule has 0 amide bonds. The molecule has 1 aliphatic rings. The van der Waals surface area contributed by atoms with Gasteiger partial charge in [0.25, 0.3) is 0 Å². The van der Waals surface area contributed by atoms with Gasteiger partial charge in [-0.05, 0) is 55.9 Å². The van der Waals surface area contributed by atoms with Crippen molar-refractivity contribution in [3.05, 3.63) is 24.0 Å². The smallest absolute Gasteiger partial charge is 0.0361 e. The first kappa shape index (κ1) is 12.1. The lowest BCUT2D eigenvalue weighted by atomic mass is 10.1. The number of nitrogens with zero attached hydrogens (tertiary/aromatic N) is 1. The maximum absolute atomic E-state index is 3.44. The van der Waals surface area contributed by atoms with Crippen molar-refractivity contribution in [1.29, 1.82) is 0 Å². The van der Waals surface area contributed by atoms with Gasteiger partial charge in [-0.25, -0.2) is 0 Å². The Kier molecular flexibility index (Phi) is 4.36. The predicted molar refractivity (Wildman–Crippen MR) is 72.0 cm³/mol. The molecule has 90 valence electrons. The van der Waals surface area contributed by atoms with Gasteiger partial charge in [0.1, 0.15) is 0 Å². The summed E-state index contributed by atoms with van der Waals surface area (Å²) < 4.78 is 2.33. The molecule has 3 heteroatoms. The van der Waals surface area contributed by atoms with Crippen molar-refractivity contribution >= 4 is 11.8 Å². The number of nitrogens with one attached hydrogen (secondary N) is 1. The molecule has 0 spiro atoms. The number of thioether (sulfide) groups is 1. The van der Waals surface area contributed by atoms with Crippen LogP contribution in [0.15, 0.2) is 18.5 Å². The Bertz CT molecular complexity index is 317. The molecule has 1 N–H and O–H groups in total. The molecule has 1 unspecified atom stereocenters. The minimum Gasteiger partial charge on any atom is -0.354 e. The van der Waals surface area contributed by atoms with Gasteiger partial charge in [0.2, 0.25) is 0 Å². The zero-order chi connectivity index (χ0) is 11.4. The molecule has 0 aromatic carbocycles. The molecule has 0 bridgehead atoms. The van der Waals surface area contributed by atoms with Crippen LogP contribution in [-0.4, -0.2) is 23.6 Å². The van der Waals surface area contributed by atoms with Gasteiger partial charge in [-0.2, -0.15) is 11.8 Å². The summed E-state index contributed by atoms with van der Waals surface area (Å²) in [7, 11) is 2.08. The number of aryl methyl sites for hydroxylation is 1. The van der Waals surface area contributed by atoms with Crippen molar-refractivity contribution in [1.82, 2.24) is 9.88 Å². The lowest BCUT2D eigenvalue weighted by Gasteiger charge is -2.13. The first-order valence-corrected chi connectivity index (χ1v) is 7.56. The Morgan fingerprint density at radius 1 is 1.56 bits per heavy atom. The molecule has 1 atom stereocenters. The summed E-state index contributed by atoms with van der Waals surface area (Å²) in [6.45, 7) is 1.15. The molecule has 1 saturated carbocycles. The fourth-order valence-corrected chi connectivity index (χ4v) is 2.70. The van der Waals surface area contributed by atoms with Crippen LogP contribution in [0.5, 0.6) is 0 Å². The van der Waals surface area contributed by atoms with Crippen LogP contribution in [0.4, 0.5) is 0 Å². The van der Waals surface area contributed by atoms with E-state index in [0.717, 1.165) is 12.5 Å². The van der Waals surface area contributed by atoms with Gasteiger partial charge in [-0.1, -0.05) is 0 Å². The molecule has 16 heavy (non-hydrogen) atoms. The van der Waals surface area contributed by atoms with Crippen molar-refractivity contribution in [3.8, 4) is 0 Å². The topological polar surface area (TPSA) is 17.0 Å². The van der Waals surface area contributed by atoms with Crippen molar-refractivity contribution in [2.75, 3.05) is 19.1 Å². The third-order valence-electron chi connectivity index (χ3n) is 3.30. The van der Waals surface area contributed by atoms with Gasteiger partial charge in [0, 0.05) is 25.0 Å². The van der Waals surface area contributed by atoms with E-state index in [4.69, 9.17) is 0 Å². The number of aromatic nitrogens is 1. The fourth-order valence-electron chi connectivity index (χ4n) is 2.28. The predicted octanol–water partition coefficient (Wildman–Crippen LogP) is 2.91. The quantitative estimate of drug-likeness (QED) is 0.736. The SMILES string of the molecule is CNC(c1ccn(CCCSC)c1)C1CC1. The van der Waals surface area contributed by atoms with Crippen LogP contribution in [0.1, 0.15) is 30.9 Å². The van der Waals surface area contributed by atoms with E-state index in [1.165, 1.54) is 30.6 Å². The Morgan fingerprint density at radius 2 is 2.38 bits per heavy atom. The van der Waals surface area contributed by atoms with E-state index in [1.54, 1.807) is 0 Å². The average Bonchev–Trinajstić information content (AvgIpc) is 3.01. The van der Waals surface area contributed by atoms with Crippen LogP contribution >= 0.6 is 11.8 Å². The molecule has 0 aliphatic heterocycles. The van der Waals surface area contributed by atoms with E-state index in [0.29, 0.717) is 6.04 Å². The third-order valence-corrected chi connectivity index (χ3v) is 4.00. The molecule has 1 aliphatic carbocycles. The fraction of sp³-hybridized carbons (Fsp3) is 0.692. The first-order valence-electron chi connectivity index (χ1n) is 6.17. The molecular weight excluding hydrogens is 216 g/mol. The van der Waals surface area contributed by atoms with Crippen LogP contribution in [0, 0.1) is 5.92 Å². The summed E-state index contributed by atoms with van der Waals surface area (Å²) in [5.74, 6) is 2.14. The van der Waals surface area contributed by atoms with E-state index in [9.17, 15) is 0 Å². The Labute approximate surface area is 103 Å². The average molecular weight is 238 g/mol. The van der Waals surface area contributed by atoms with Gasteiger partial charge >= 0.3 is 0 Å². The normalized spacial score (nSPS) is 17.6. The van der Waals surface area contributed by atoms with Crippen molar-refractivity contribution in [2.45, 2.75) is 31.8 Å². The lowest BCUT2D eigenvalue weighted by molar-refractivity contribution is 0.527. The highest BCUT2D eigenvalue weighted by atomic mass is 32.2. The highest BCUT2D eigenvalue weighted by Gasteiger charge is 2.31. The second kappa shape index (κ2) is 5.78. The van der Waals surface area contributed by atoms with Crippen molar-refractivity contribution in [2.24, 2.45) is 5.92 Å². The summed E-state index contributed by atoms with van der Waals surface area (Å²) in [6.07, 6.45) is 10.8. The largest absolute Gasteiger partial charge is 0.354 e. The second-order valence-corrected chi connectivity index (χ2v) is 5.62. The number of hydrogen-bond acceptors (Lipinski definition) is 2. The summed E-state index contributed by atoms with van der Waals surface area (Å²) >= 11 is 1.93. The summed E-state index contributed by atoms with van der Waals surface area (Å²) in [6, 6.07) is 2.86. The summed E-state index contributed by atoms with van der Waals surface area (Å²) in [4.78, 5) is 0. The van der Waals surface area contributed by atoms with E-state index >= 15 is 0 Å². The third kappa shape index (κ3) is 3.05. The Balaban J connectivity index is 1.90. The molecule has 0 saturated heterocycles. The highest BCUT2D eigenvalue weighted by molar-refractivity contribution is 7.98. The molecule has 1 aromatic heterocycles. The minimum absolute atomic E-state index is 0.585. The molecule has 2 nitrogen and oxygen atoms in total. The molecule has 1 heterocycles. The van der Waals surface area contributed by atoms with Gasteiger partial charge < -0.3 is 9.88 Å². The minimum atomic E-state index is 0.585. The van der Waals surface area contributed by atoms with Gasteiger partial charge in [0.15, 0.2) is 0 Å². The monoisotopic (exact) mass is 238 g/mol. The van der Waals surface area contributed by atoms with Crippen LogP contribution in [0.3, 0.4) is 0 Å². The molecule has 2 rings (SSSR count). The lowest BCUT2D eigenvalue weighted by Crippen LogP contribution is -2.17. The van der Waals surface area contributed by atoms with Crippen molar-refractivity contribution < 1.29 is 0 Å². The van der Waals surface area contributed by atoms with Crippen LogP contribution in [0.2, 0.25) is 0 Å². The van der Waals surface area contributed by atoms with Crippen LogP contribution in [0.25, 0.3) is 0 Å². The van der Waals surface area contributed by atoms with Gasteiger partial charge in [-0.3, -0.25) is 0 Å². The molecule has 1 aromatic rings. The van der Waals surface area contributed by atoms with E-state index < -0.39 is 0 Å². The summed E-state index contributed by atoms with van der Waals surface area (Å²) in [5, 5.41) is 3.44. The number of hydrogen-bond donors (Lipinski definition) is 1. The maximum Gasteiger partial charge on any atom is 0.0361 e. The zero-order valence-corrected chi connectivity index (χ0v) is 11.1. The van der Waals surface area contributed by atoms with Crippen molar-refractivity contribution in [3.63, 3.8) is 0 Å². The van der Waals surface area contributed by atoms with E-state index in [2.05, 4.69) is 41.6 Å². The summed E-state index contributed by atoms with van der Waals surface area (Å²) in [5.41, 5.74) is 1.47. The first-order chi connectivity index (χ1) is 7.85. The van der Waals surface area contributed by atoms with Gasteiger partial charge in [0.05, 0.1) is 0 Å². The zero-order valence-electron chi connectivity index (χ0n) is 10.3. The standard InChI is InChI=1S/C13H22N2S/c1-14-13(11-4-5-11)12-6-8-15(10-12)7-3-9-16-2/h6,8,10-11,13-14H,3-5,7,9H2,1-2H3. The van der Waals surface area contributed by atoms with E-state index in [-0.39, 0.29) is 0 Å². The second-order valence-electron chi connectivity index (χ2n) is 4.63. The van der Waals surface area contributed by atoms with Crippen LogP contribution in [-0.2, 0) is 6.54 Å². The number of rotatable bonds is 7. The highest BCUT2D eigenvalue weighted by Crippen LogP contribution is 2.40. The Hall–Kier alpha value is -0.410. The maximum atomic E-state index is 3.44. The Morgan fingerprint density at radius 3 is 3.00 bits per heavy atom. The van der Waals surface area contributed by atoms with Gasteiger partial charge in [-0.15, -0.1) is 0 Å². The molecule has 0 radical (unpaired) electrons. The molecular formula is C13H22N2S. The van der Waals surface area contributed by atoms with E-state index in [1.807, 2.05) is 11.8 Å². The molecule has 1 fully saturated rings.